The zero-order valence-electron chi connectivity index (χ0n) is 12.3. The SMILES string of the molecule is CCC(C)C(C)NC1CCN(CC(=O)NC)CC1. The van der Waals surface area contributed by atoms with Crippen LogP contribution in [0, 0.1) is 5.92 Å². The van der Waals surface area contributed by atoms with Crippen molar-refractivity contribution >= 4 is 5.91 Å². The van der Waals surface area contributed by atoms with E-state index in [0.29, 0.717) is 18.6 Å². The molecule has 1 saturated heterocycles. The van der Waals surface area contributed by atoms with Crippen LogP contribution in [-0.2, 0) is 4.79 Å². The monoisotopic (exact) mass is 255 g/mol. The highest BCUT2D eigenvalue weighted by molar-refractivity contribution is 5.77. The molecular weight excluding hydrogens is 226 g/mol. The lowest BCUT2D eigenvalue weighted by atomic mass is 9.97. The predicted octanol–water partition coefficient (Wildman–Crippen LogP) is 1.22. The summed E-state index contributed by atoms with van der Waals surface area (Å²) in [6, 6.07) is 1.21. The maximum atomic E-state index is 11.3. The molecule has 0 aromatic rings. The van der Waals surface area contributed by atoms with Crippen LogP contribution in [-0.4, -0.2) is 49.6 Å². The maximum absolute atomic E-state index is 11.3. The fourth-order valence-corrected chi connectivity index (χ4v) is 2.43. The summed E-state index contributed by atoms with van der Waals surface area (Å²) in [6.07, 6.45) is 3.53. The molecule has 1 amide bonds. The number of carbonyl (C=O) groups excluding carboxylic acids is 1. The van der Waals surface area contributed by atoms with Gasteiger partial charge in [0, 0.05) is 32.2 Å². The van der Waals surface area contributed by atoms with Gasteiger partial charge in [-0.25, -0.2) is 0 Å². The molecule has 4 heteroatoms. The number of carbonyl (C=O) groups is 1. The lowest BCUT2D eigenvalue weighted by Gasteiger charge is -2.34. The number of likely N-dealkylation sites (tertiary alicyclic amines) is 1. The van der Waals surface area contributed by atoms with Gasteiger partial charge >= 0.3 is 0 Å². The largest absolute Gasteiger partial charge is 0.358 e. The van der Waals surface area contributed by atoms with Gasteiger partial charge in [0.2, 0.25) is 5.91 Å². The van der Waals surface area contributed by atoms with Crippen molar-refractivity contribution in [3.05, 3.63) is 0 Å². The Kier molecular flexibility index (Phi) is 6.65. The highest BCUT2D eigenvalue weighted by Crippen LogP contribution is 2.14. The minimum atomic E-state index is 0.120. The number of nitrogens with one attached hydrogen (secondary N) is 2. The Bertz CT molecular complexity index is 249. The average molecular weight is 255 g/mol. The highest BCUT2D eigenvalue weighted by atomic mass is 16.1. The molecule has 4 nitrogen and oxygen atoms in total. The third-order valence-electron chi connectivity index (χ3n) is 4.23. The van der Waals surface area contributed by atoms with Crippen molar-refractivity contribution in [3.8, 4) is 0 Å². The van der Waals surface area contributed by atoms with Gasteiger partial charge in [-0.05, 0) is 25.7 Å². The van der Waals surface area contributed by atoms with E-state index in [1.165, 1.54) is 6.42 Å². The first-order chi connectivity index (χ1) is 8.56. The standard InChI is InChI=1S/C14H29N3O/c1-5-11(2)12(3)16-13-6-8-17(9-7-13)10-14(18)15-4/h11-13,16H,5-10H2,1-4H3,(H,15,18). The van der Waals surface area contributed by atoms with Crippen molar-refractivity contribution in [3.63, 3.8) is 0 Å². The van der Waals surface area contributed by atoms with Crippen molar-refractivity contribution in [2.75, 3.05) is 26.7 Å². The number of rotatable bonds is 6. The molecule has 0 aromatic carbocycles. The molecule has 0 aliphatic carbocycles. The second-order valence-electron chi connectivity index (χ2n) is 5.56. The van der Waals surface area contributed by atoms with E-state index in [1.54, 1.807) is 7.05 Å². The van der Waals surface area contributed by atoms with Gasteiger partial charge in [0.05, 0.1) is 6.54 Å². The van der Waals surface area contributed by atoms with Gasteiger partial charge in [-0.2, -0.15) is 0 Å². The van der Waals surface area contributed by atoms with Crippen molar-refractivity contribution in [2.45, 2.75) is 52.1 Å². The minimum Gasteiger partial charge on any atom is -0.358 e. The summed E-state index contributed by atoms with van der Waals surface area (Å²) in [5.41, 5.74) is 0. The van der Waals surface area contributed by atoms with Gasteiger partial charge in [0.25, 0.3) is 0 Å². The first-order valence-electron chi connectivity index (χ1n) is 7.25. The van der Waals surface area contributed by atoms with Crippen LogP contribution >= 0.6 is 0 Å². The van der Waals surface area contributed by atoms with E-state index in [4.69, 9.17) is 0 Å². The van der Waals surface area contributed by atoms with E-state index in [2.05, 4.69) is 36.3 Å². The van der Waals surface area contributed by atoms with Crippen LogP contribution in [0.5, 0.6) is 0 Å². The minimum absolute atomic E-state index is 0.120. The van der Waals surface area contributed by atoms with E-state index in [0.717, 1.165) is 31.8 Å². The van der Waals surface area contributed by atoms with E-state index in [9.17, 15) is 4.79 Å². The molecule has 18 heavy (non-hydrogen) atoms. The molecule has 1 aliphatic rings. The number of amides is 1. The Morgan fingerprint density at radius 3 is 2.44 bits per heavy atom. The Balaban J connectivity index is 2.25. The van der Waals surface area contributed by atoms with E-state index >= 15 is 0 Å². The maximum Gasteiger partial charge on any atom is 0.233 e. The summed E-state index contributed by atoms with van der Waals surface area (Å²) in [7, 11) is 1.70. The van der Waals surface area contributed by atoms with Crippen molar-refractivity contribution in [1.82, 2.24) is 15.5 Å². The fourth-order valence-electron chi connectivity index (χ4n) is 2.43. The summed E-state index contributed by atoms with van der Waals surface area (Å²) >= 11 is 0. The van der Waals surface area contributed by atoms with Crippen LogP contribution in [0.3, 0.4) is 0 Å². The number of likely N-dealkylation sites (N-methyl/N-ethyl adjacent to an activating group) is 1. The summed E-state index contributed by atoms with van der Waals surface area (Å²) in [5.74, 6) is 0.850. The molecule has 2 atom stereocenters. The average Bonchev–Trinajstić information content (AvgIpc) is 2.39. The number of piperidine rings is 1. The summed E-state index contributed by atoms with van der Waals surface area (Å²) in [5, 5.41) is 6.41. The second kappa shape index (κ2) is 7.74. The molecule has 1 heterocycles. The number of hydrogen-bond acceptors (Lipinski definition) is 3. The lowest BCUT2D eigenvalue weighted by molar-refractivity contribution is -0.122. The molecule has 2 N–H and O–H groups in total. The molecule has 0 spiro atoms. The molecule has 1 aliphatic heterocycles. The molecule has 0 radical (unpaired) electrons. The lowest BCUT2D eigenvalue weighted by Crippen LogP contribution is -2.48. The topological polar surface area (TPSA) is 44.4 Å². The molecule has 0 bridgehead atoms. The van der Waals surface area contributed by atoms with Crippen molar-refractivity contribution < 1.29 is 4.79 Å². The van der Waals surface area contributed by atoms with Gasteiger partial charge < -0.3 is 10.6 Å². The normalized spacial score (nSPS) is 21.6. The van der Waals surface area contributed by atoms with Crippen LogP contribution < -0.4 is 10.6 Å². The van der Waals surface area contributed by atoms with Crippen LogP contribution in [0.4, 0.5) is 0 Å². The zero-order valence-corrected chi connectivity index (χ0v) is 12.3. The number of nitrogens with zero attached hydrogens (tertiary/aromatic N) is 1. The summed E-state index contributed by atoms with van der Waals surface area (Å²) in [4.78, 5) is 13.5. The van der Waals surface area contributed by atoms with Crippen LogP contribution in [0.15, 0.2) is 0 Å². The van der Waals surface area contributed by atoms with E-state index < -0.39 is 0 Å². The molecule has 2 unspecified atom stereocenters. The Hall–Kier alpha value is -0.610. The van der Waals surface area contributed by atoms with Crippen LogP contribution in [0.1, 0.15) is 40.0 Å². The Morgan fingerprint density at radius 2 is 1.94 bits per heavy atom. The third kappa shape index (κ3) is 4.94. The molecule has 106 valence electrons. The van der Waals surface area contributed by atoms with Gasteiger partial charge in [0.1, 0.15) is 0 Å². The van der Waals surface area contributed by atoms with Crippen molar-refractivity contribution in [2.24, 2.45) is 5.92 Å². The van der Waals surface area contributed by atoms with Gasteiger partial charge in [0.15, 0.2) is 0 Å². The first-order valence-corrected chi connectivity index (χ1v) is 7.25. The summed E-state index contributed by atoms with van der Waals surface area (Å²) in [6.45, 7) is 9.43. The number of hydrogen-bond donors (Lipinski definition) is 2. The molecular formula is C14H29N3O. The summed E-state index contributed by atoms with van der Waals surface area (Å²) < 4.78 is 0. The van der Waals surface area contributed by atoms with E-state index in [-0.39, 0.29) is 5.91 Å². The zero-order chi connectivity index (χ0) is 13.5. The Morgan fingerprint density at radius 1 is 1.33 bits per heavy atom. The molecule has 1 fully saturated rings. The third-order valence-corrected chi connectivity index (χ3v) is 4.23. The van der Waals surface area contributed by atoms with Crippen LogP contribution in [0.25, 0.3) is 0 Å². The van der Waals surface area contributed by atoms with Gasteiger partial charge in [-0.1, -0.05) is 20.3 Å². The second-order valence-corrected chi connectivity index (χ2v) is 5.56. The molecule has 1 rings (SSSR count). The Labute approximate surface area is 111 Å². The molecule has 0 aromatic heterocycles. The first kappa shape index (κ1) is 15.4. The van der Waals surface area contributed by atoms with Gasteiger partial charge in [-0.15, -0.1) is 0 Å². The van der Waals surface area contributed by atoms with Crippen molar-refractivity contribution in [1.29, 1.82) is 0 Å². The predicted molar refractivity (Wildman–Crippen MR) is 75.6 cm³/mol. The van der Waals surface area contributed by atoms with Gasteiger partial charge in [-0.3, -0.25) is 9.69 Å². The van der Waals surface area contributed by atoms with Crippen LogP contribution in [0.2, 0.25) is 0 Å². The van der Waals surface area contributed by atoms with E-state index in [1.807, 2.05) is 0 Å². The quantitative estimate of drug-likeness (QED) is 0.750. The molecule has 0 saturated carbocycles. The highest BCUT2D eigenvalue weighted by Gasteiger charge is 2.22. The smallest absolute Gasteiger partial charge is 0.233 e. The fraction of sp³-hybridized carbons (Fsp3) is 0.929.